The second-order valence-electron chi connectivity index (χ2n) is 4.97. The molecule has 5 N–H and O–H groups in total. The summed E-state index contributed by atoms with van der Waals surface area (Å²) in [6.07, 6.45) is 4.89. The fourth-order valence-electron chi connectivity index (χ4n) is 2.54. The number of nitrogens with zero attached hydrogens (tertiary/aromatic N) is 3. The summed E-state index contributed by atoms with van der Waals surface area (Å²) >= 11 is 0. The maximum Gasteiger partial charge on any atom is 0.269 e. The number of benzene rings is 1. The van der Waals surface area contributed by atoms with Crippen molar-refractivity contribution in [1.29, 1.82) is 0 Å². The smallest absolute Gasteiger partial charge is 0.269 e. The van der Waals surface area contributed by atoms with Gasteiger partial charge in [-0.3, -0.25) is 9.89 Å². The zero-order valence-electron chi connectivity index (χ0n) is 11.9. The molecule has 2 heterocycles. The molecule has 0 unspecified atom stereocenters. The molecule has 0 saturated carbocycles. The van der Waals surface area contributed by atoms with Crippen LogP contribution in [0.3, 0.4) is 0 Å². The molecular formula is C15H16N6O. The summed E-state index contributed by atoms with van der Waals surface area (Å²) in [6, 6.07) is 5.79. The van der Waals surface area contributed by atoms with Gasteiger partial charge < -0.3 is 11.5 Å². The van der Waals surface area contributed by atoms with E-state index in [2.05, 4.69) is 20.4 Å². The van der Waals surface area contributed by atoms with Gasteiger partial charge in [-0.15, -0.1) is 10.2 Å². The van der Waals surface area contributed by atoms with Crippen LogP contribution < -0.4 is 11.5 Å². The van der Waals surface area contributed by atoms with E-state index in [-0.39, 0.29) is 5.69 Å². The number of nitrogens with one attached hydrogen (secondary N) is 1. The Hall–Kier alpha value is -2.80. The van der Waals surface area contributed by atoms with Gasteiger partial charge >= 0.3 is 0 Å². The van der Waals surface area contributed by atoms with Crippen LogP contribution in [0.5, 0.6) is 0 Å². The molecule has 7 heteroatoms. The monoisotopic (exact) mass is 296 g/mol. The molecule has 22 heavy (non-hydrogen) atoms. The molecule has 0 aliphatic heterocycles. The van der Waals surface area contributed by atoms with Crippen molar-refractivity contribution in [2.75, 3.05) is 6.54 Å². The number of hydrogen-bond donors (Lipinski definition) is 3. The van der Waals surface area contributed by atoms with Crippen molar-refractivity contribution < 1.29 is 4.79 Å². The van der Waals surface area contributed by atoms with E-state index in [1.807, 2.05) is 18.2 Å². The Bertz CT molecular complexity index is 812. The highest BCUT2D eigenvalue weighted by Gasteiger charge is 2.17. The van der Waals surface area contributed by atoms with E-state index in [4.69, 9.17) is 11.5 Å². The number of amides is 1. The van der Waals surface area contributed by atoms with Crippen LogP contribution in [0.2, 0.25) is 0 Å². The fraction of sp³-hybridized carbons (Fsp3) is 0.200. The summed E-state index contributed by atoms with van der Waals surface area (Å²) in [6.45, 7) is 0.531. The van der Waals surface area contributed by atoms with E-state index >= 15 is 0 Å². The summed E-state index contributed by atoms with van der Waals surface area (Å²) in [5, 5.41) is 15.9. The molecule has 112 valence electrons. The van der Waals surface area contributed by atoms with Crippen molar-refractivity contribution in [3.63, 3.8) is 0 Å². The van der Waals surface area contributed by atoms with Gasteiger partial charge in [0.25, 0.3) is 5.91 Å². The summed E-state index contributed by atoms with van der Waals surface area (Å²) in [5.74, 6) is -0.574. The largest absolute Gasteiger partial charge is 0.364 e. The number of aromatic amines is 1. The second-order valence-corrected chi connectivity index (χ2v) is 4.97. The van der Waals surface area contributed by atoms with Gasteiger partial charge in [-0.1, -0.05) is 18.2 Å². The Morgan fingerprint density at radius 3 is 2.82 bits per heavy atom. The number of fused-ring (bicyclic) bond motifs is 1. The van der Waals surface area contributed by atoms with E-state index < -0.39 is 5.91 Å². The van der Waals surface area contributed by atoms with Gasteiger partial charge in [-0.2, -0.15) is 5.10 Å². The number of hydrogen-bond acceptors (Lipinski definition) is 5. The van der Waals surface area contributed by atoms with E-state index in [1.165, 1.54) is 0 Å². The second kappa shape index (κ2) is 5.90. The lowest BCUT2D eigenvalue weighted by molar-refractivity contribution is 0.0994. The fourth-order valence-corrected chi connectivity index (χ4v) is 2.54. The number of aryl methyl sites for hydroxylation is 1. The predicted molar refractivity (Wildman–Crippen MR) is 83.0 cm³/mol. The van der Waals surface area contributed by atoms with Crippen LogP contribution >= 0.6 is 0 Å². The van der Waals surface area contributed by atoms with Crippen molar-refractivity contribution in [2.24, 2.45) is 11.5 Å². The first-order valence-corrected chi connectivity index (χ1v) is 6.99. The van der Waals surface area contributed by atoms with E-state index in [9.17, 15) is 4.79 Å². The van der Waals surface area contributed by atoms with Gasteiger partial charge in [0.2, 0.25) is 0 Å². The molecule has 0 atom stereocenters. The quantitative estimate of drug-likeness (QED) is 0.648. The Kier molecular flexibility index (Phi) is 3.80. The molecular weight excluding hydrogens is 280 g/mol. The maximum absolute atomic E-state index is 11.6. The SMILES string of the molecule is NCCCc1c(C(N)=O)nnc2c(-c3cn[nH]c3)cccc12. The van der Waals surface area contributed by atoms with Gasteiger partial charge in [0.1, 0.15) is 5.52 Å². The lowest BCUT2D eigenvalue weighted by Crippen LogP contribution is -2.18. The molecule has 0 aliphatic carbocycles. The number of aromatic nitrogens is 4. The standard InChI is InChI=1S/C15H16N6O/c16-6-2-5-12-11-4-1-3-10(9-7-18-19-8-9)13(11)20-21-14(12)15(17)22/h1,3-4,7-8H,2,5-6,16H2,(H2,17,22)(H,18,19). The molecule has 1 amide bonds. The minimum Gasteiger partial charge on any atom is -0.364 e. The van der Waals surface area contributed by atoms with Gasteiger partial charge in [0.05, 0.1) is 6.20 Å². The number of nitrogens with two attached hydrogens (primary N) is 2. The number of carbonyl (C=O) groups is 1. The van der Waals surface area contributed by atoms with Gasteiger partial charge in [0, 0.05) is 22.7 Å². The third-order valence-electron chi connectivity index (χ3n) is 3.57. The molecule has 0 fully saturated rings. The van der Waals surface area contributed by atoms with Crippen molar-refractivity contribution >= 4 is 16.8 Å². The zero-order valence-corrected chi connectivity index (χ0v) is 11.9. The summed E-state index contributed by atoms with van der Waals surface area (Å²) in [5.41, 5.74) is 14.6. The van der Waals surface area contributed by atoms with Crippen LogP contribution in [0.15, 0.2) is 30.6 Å². The van der Waals surface area contributed by atoms with Crippen molar-refractivity contribution in [1.82, 2.24) is 20.4 Å². The molecule has 2 aromatic heterocycles. The van der Waals surface area contributed by atoms with E-state index in [1.54, 1.807) is 12.4 Å². The minimum atomic E-state index is -0.574. The average molecular weight is 296 g/mol. The minimum absolute atomic E-state index is 0.213. The molecule has 3 rings (SSSR count). The van der Waals surface area contributed by atoms with Crippen LogP contribution in [-0.4, -0.2) is 32.8 Å². The van der Waals surface area contributed by atoms with Gasteiger partial charge in [0.15, 0.2) is 5.69 Å². The van der Waals surface area contributed by atoms with E-state index in [0.29, 0.717) is 13.0 Å². The first-order chi connectivity index (χ1) is 10.7. The lowest BCUT2D eigenvalue weighted by atomic mass is 9.98. The van der Waals surface area contributed by atoms with Crippen LogP contribution in [0.25, 0.3) is 22.0 Å². The summed E-state index contributed by atoms with van der Waals surface area (Å²) in [4.78, 5) is 11.6. The number of primary amides is 1. The highest BCUT2D eigenvalue weighted by Crippen LogP contribution is 2.29. The molecule has 1 aromatic carbocycles. The maximum atomic E-state index is 11.6. The van der Waals surface area contributed by atoms with Crippen LogP contribution in [0.1, 0.15) is 22.5 Å². The van der Waals surface area contributed by atoms with Gasteiger partial charge in [-0.25, -0.2) is 0 Å². The first kappa shape index (κ1) is 14.2. The van der Waals surface area contributed by atoms with E-state index in [0.717, 1.165) is 34.0 Å². The molecule has 3 aromatic rings. The Labute approximate surface area is 126 Å². The highest BCUT2D eigenvalue weighted by atomic mass is 16.1. The molecule has 7 nitrogen and oxygen atoms in total. The normalized spacial score (nSPS) is 11.0. The number of carbonyl (C=O) groups excluding carboxylic acids is 1. The molecule has 0 aliphatic rings. The summed E-state index contributed by atoms with van der Waals surface area (Å²) < 4.78 is 0. The van der Waals surface area contributed by atoms with Crippen molar-refractivity contribution in [2.45, 2.75) is 12.8 Å². The third kappa shape index (κ3) is 2.42. The molecule has 0 spiro atoms. The first-order valence-electron chi connectivity index (χ1n) is 6.99. The summed E-state index contributed by atoms with van der Waals surface area (Å²) in [7, 11) is 0. The van der Waals surface area contributed by atoms with Gasteiger partial charge in [-0.05, 0) is 24.9 Å². The third-order valence-corrected chi connectivity index (χ3v) is 3.57. The van der Waals surface area contributed by atoms with Crippen LogP contribution in [-0.2, 0) is 6.42 Å². The van der Waals surface area contributed by atoms with Crippen molar-refractivity contribution in [3.8, 4) is 11.1 Å². The average Bonchev–Trinajstić information content (AvgIpc) is 3.05. The Balaban J connectivity index is 2.26. The highest BCUT2D eigenvalue weighted by molar-refractivity contribution is 6.01. The predicted octanol–water partition coefficient (Wildman–Crippen LogP) is 1.01. The Morgan fingerprint density at radius 2 is 2.14 bits per heavy atom. The van der Waals surface area contributed by atoms with Crippen molar-refractivity contribution in [3.05, 3.63) is 41.9 Å². The lowest BCUT2D eigenvalue weighted by Gasteiger charge is -2.11. The topological polar surface area (TPSA) is 124 Å². The molecule has 0 bridgehead atoms. The number of rotatable bonds is 5. The zero-order chi connectivity index (χ0) is 15.5. The molecule has 0 saturated heterocycles. The van der Waals surface area contributed by atoms with Crippen LogP contribution in [0.4, 0.5) is 0 Å². The number of H-pyrrole nitrogens is 1. The molecule has 0 radical (unpaired) electrons. The van der Waals surface area contributed by atoms with Crippen LogP contribution in [0, 0.1) is 0 Å². The Morgan fingerprint density at radius 1 is 1.27 bits per heavy atom.